The minimum atomic E-state index is -5.72. The summed E-state index contributed by atoms with van der Waals surface area (Å²) >= 11 is 0. The summed E-state index contributed by atoms with van der Waals surface area (Å²) < 4.78 is 122. The Balaban J connectivity index is 1.74. The fourth-order valence-corrected chi connectivity index (χ4v) is 6.97. The molecule has 4 rings (SSSR count). The number of hydrogen-bond acceptors (Lipinski definition) is 8. The normalized spacial score (nSPS) is 30.0. The van der Waals surface area contributed by atoms with Gasteiger partial charge in [0.05, 0.1) is 24.1 Å². The van der Waals surface area contributed by atoms with Crippen LogP contribution in [-0.4, -0.2) is 62.6 Å². The van der Waals surface area contributed by atoms with E-state index in [0.717, 1.165) is 6.26 Å². The zero-order valence-corrected chi connectivity index (χ0v) is 19.9. The number of hydrogen-bond donors (Lipinski definition) is 1. The van der Waals surface area contributed by atoms with Gasteiger partial charge in [0.15, 0.2) is 16.5 Å². The molecule has 35 heavy (non-hydrogen) atoms. The van der Waals surface area contributed by atoms with E-state index in [1.165, 1.54) is 4.90 Å². The smallest absolute Gasteiger partial charge is 0.315 e. The maximum Gasteiger partial charge on any atom is 0.315 e. The van der Waals surface area contributed by atoms with E-state index < -0.39 is 108 Å². The summed E-state index contributed by atoms with van der Waals surface area (Å²) in [6, 6.07) is -1.10. The molecule has 1 aromatic rings. The van der Waals surface area contributed by atoms with Crippen molar-refractivity contribution in [2.75, 3.05) is 6.26 Å². The van der Waals surface area contributed by atoms with Gasteiger partial charge in [-0.3, -0.25) is 18.3 Å². The molecule has 6 unspecified atom stereocenters. The Kier molecular flexibility index (Phi) is 5.97. The van der Waals surface area contributed by atoms with E-state index in [1.54, 1.807) is 13.8 Å². The van der Waals surface area contributed by atoms with Gasteiger partial charge in [-0.1, -0.05) is 0 Å². The molecule has 16 heteroatoms. The van der Waals surface area contributed by atoms with Gasteiger partial charge < -0.3 is 9.64 Å². The molecule has 3 aliphatic rings. The van der Waals surface area contributed by atoms with Gasteiger partial charge in [-0.15, -0.1) is 0 Å². The van der Waals surface area contributed by atoms with Crippen molar-refractivity contribution in [3.63, 3.8) is 0 Å². The summed E-state index contributed by atoms with van der Waals surface area (Å²) in [4.78, 5) is 25.1. The standard InChI is InChI=1S/C19H19F4NO9S2/c1-5(2)24-14-6-4-7(15(14)33-34(3,27)28)9(8(6)18(24)25)19(26)32-16-10(20)12(22)17(35(29,30)31)13(23)11(16)21/h5-9,14-15H,4H2,1-3H3,(H,29,30,31). The van der Waals surface area contributed by atoms with Crippen molar-refractivity contribution in [1.29, 1.82) is 0 Å². The molecule has 10 nitrogen and oxygen atoms in total. The number of likely N-dealkylation sites (tertiary alicyclic amines) is 1. The summed E-state index contributed by atoms with van der Waals surface area (Å²) in [7, 11) is -9.79. The maximum atomic E-state index is 14.4. The predicted molar refractivity (Wildman–Crippen MR) is 106 cm³/mol. The molecule has 6 atom stereocenters. The minimum absolute atomic E-state index is 0.139. The third-order valence-electron chi connectivity index (χ3n) is 6.67. The van der Waals surface area contributed by atoms with Gasteiger partial charge in [-0.05, 0) is 26.2 Å². The first-order valence-corrected chi connectivity index (χ1v) is 13.5. The fraction of sp³-hybridized carbons (Fsp3) is 0.579. The van der Waals surface area contributed by atoms with E-state index in [4.69, 9.17) is 8.74 Å². The van der Waals surface area contributed by atoms with E-state index >= 15 is 0 Å². The second-order valence-corrected chi connectivity index (χ2v) is 12.0. The highest BCUT2D eigenvalue weighted by Crippen LogP contribution is 2.60. The monoisotopic (exact) mass is 545 g/mol. The van der Waals surface area contributed by atoms with Crippen LogP contribution in [0.4, 0.5) is 17.6 Å². The molecule has 1 heterocycles. The molecular weight excluding hydrogens is 526 g/mol. The lowest BCUT2D eigenvalue weighted by molar-refractivity contribution is -0.147. The molecule has 1 aromatic carbocycles. The topological polar surface area (TPSA) is 144 Å². The van der Waals surface area contributed by atoms with Crippen LogP contribution in [-0.2, 0) is 34.0 Å². The SMILES string of the molecule is CC(C)N1C(=O)C2C3CC(C(OS(C)(=O)=O)C31)C2C(=O)Oc1c(F)c(F)c(S(=O)(=O)O)c(F)c1F. The zero-order chi connectivity index (χ0) is 26.4. The fourth-order valence-electron chi connectivity index (χ4n) is 5.67. The predicted octanol–water partition coefficient (Wildman–Crippen LogP) is 1.24. The van der Waals surface area contributed by atoms with Gasteiger partial charge in [0.25, 0.3) is 10.1 Å². The third-order valence-corrected chi connectivity index (χ3v) is 8.12. The van der Waals surface area contributed by atoms with Gasteiger partial charge in [0, 0.05) is 12.0 Å². The second-order valence-electron chi connectivity index (χ2n) is 9.02. The maximum absolute atomic E-state index is 14.4. The molecule has 1 aliphatic heterocycles. The van der Waals surface area contributed by atoms with Crippen molar-refractivity contribution in [3.05, 3.63) is 23.3 Å². The summed E-state index contributed by atoms with van der Waals surface area (Å²) in [6.45, 7) is 3.32. The first-order chi connectivity index (χ1) is 16.0. The van der Waals surface area contributed by atoms with Crippen LogP contribution in [0, 0.1) is 46.9 Å². The van der Waals surface area contributed by atoms with Gasteiger partial charge in [0.2, 0.25) is 23.3 Å². The van der Waals surface area contributed by atoms with Crippen molar-refractivity contribution >= 4 is 32.1 Å². The van der Waals surface area contributed by atoms with E-state index in [1.807, 2.05) is 0 Å². The van der Waals surface area contributed by atoms with Crippen LogP contribution >= 0.6 is 0 Å². The quantitative estimate of drug-likeness (QED) is 0.139. The highest BCUT2D eigenvalue weighted by molar-refractivity contribution is 7.86. The molecule has 0 radical (unpaired) electrons. The van der Waals surface area contributed by atoms with Crippen LogP contribution in [0.15, 0.2) is 4.90 Å². The lowest BCUT2D eigenvalue weighted by atomic mass is 9.78. The number of ether oxygens (including phenoxy) is 1. The van der Waals surface area contributed by atoms with Crippen molar-refractivity contribution < 1.29 is 57.5 Å². The molecule has 0 aromatic heterocycles. The van der Waals surface area contributed by atoms with Crippen LogP contribution in [0.3, 0.4) is 0 Å². The van der Waals surface area contributed by atoms with Crippen molar-refractivity contribution in [2.45, 2.75) is 43.4 Å². The van der Waals surface area contributed by atoms with Gasteiger partial charge in [-0.2, -0.15) is 25.6 Å². The van der Waals surface area contributed by atoms with Gasteiger partial charge in [-0.25, -0.2) is 8.78 Å². The largest absolute Gasteiger partial charge is 0.420 e. The third kappa shape index (κ3) is 3.90. The summed E-state index contributed by atoms with van der Waals surface area (Å²) in [5.41, 5.74) is 0. The highest BCUT2D eigenvalue weighted by atomic mass is 32.2. The number of halogens is 4. The summed E-state index contributed by atoms with van der Waals surface area (Å²) in [6.07, 6.45) is -0.268. The van der Waals surface area contributed by atoms with Crippen molar-refractivity contribution in [2.24, 2.45) is 23.7 Å². The molecule has 1 amide bonds. The Labute approximate surface area is 197 Å². The first kappa shape index (κ1) is 25.8. The Hall–Kier alpha value is -2.30. The lowest BCUT2D eigenvalue weighted by Crippen LogP contribution is -2.48. The molecule has 1 N–H and O–H groups in total. The number of nitrogens with zero attached hydrogens (tertiary/aromatic N) is 1. The lowest BCUT2D eigenvalue weighted by Gasteiger charge is -2.34. The second kappa shape index (κ2) is 8.11. The highest BCUT2D eigenvalue weighted by Gasteiger charge is 2.71. The van der Waals surface area contributed by atoms with Crippen LogP contribution in [0.1, 0.15) is 20.3 Å². The van der Waals surface area contributed by atoms with E-state index in [9.17, 15) is 44.0 Å². The molecule has 3 fully saturated rings. The van der Waals surface area contributed by atoms with Crippen LogP contribution in [0.25, 0.3) is 0 Å². The number of fused-ring (bicyclic) bond motifs is 1. The van der Waals surface area contributed by atoms with Crippen molar-refractivity contribution in [1.82, 2.24) is 4.90 Å². The van der Waals surface area contributed by atoms with E-state index in [0.29, 0.717) is 0 Å². The first-order valence-electron chi connectivity index (χ1n) is 10.2. The Morgan fingerprint density at radius 1 is 1.03 bits per heavy atom. The Morgan fingerprint density at radius 3 is 2.03 bits per heavy atom. The molecule has 2 aliphatic carbocycles. The Bertz CT molecular complexity index is 1320. The van der Waals surface area contributed by atoms with Gasteiger partial charge in [0.1, 0.15) is 6.10 Å². The number of amides is 1. The van der Waals surface area contributed by atoms with Crippen LogP contribution in [0.5, 0.6) is 5.75 Å². The molecule has 0 spiro atoms. The van der Waals surface area contributed by atoms with Crippen molar-refractivity contribution in [3.8, 4) is 5.75 Å². The van der Waals surface area contributed by atoms with Crippen LogP contribution < -0.4 is 4.74 Å². The zero-order valence-electron chi connectivity index (χ0n) is 18.2. The average molecular weight is 545 g/mol. The number of esters is 1. The molecule has 194 valence electrons. The number of rotatable bonds is 6. The van der Waals surface area contributed by atoms with Crippen LogP contribution in [0.2, 0.25) is 0 Å². The summed E-state index contributed by atoms with van der Waals surface area (Å²) in [5, 5.41) is 0. The molecule has 1 saturated heterocycles. The average Bonchev–Trinajstić information content (AvgIpc) is 3.30. The molecule has 2 bridgehead atoms. The van der Waals surface area contributed by atoms with E-state index in [2.05, 4.69) is 4.74 Å². The van der Waals surface area contributed by atoms with Gasteiger partial charge >= 0.3 is 16.1 Å². The molecular formula is C19H19F4NO9S2. The number of benzene rings is 1. The van der Waals surface area contributed by atoms with E-state index in [-0.39, 0.29) is 6.42 Å². The summed E-state index contributed by atoms with van der Waals surface area (Å²) in [5.74, 6) is -17.8. The molecule has 2 saturated carbocycles. The minimum Gasteiger partial charge on any atom is -0.420 e. The Morgan fingerprint density at radius 2 is 1.57 bits per heavy atom. The number of carbonyl (C=O) groups excluding carboxylic acids is 2. The number of carbonyl (C=O) groups is 2.